The van der Waals surface area contributed by atoms with Gasteiger partial charge in [0, 0.05) is 18.8 Å². The van der Waals surface area contributed by atoms with Gasteiger partial charge in [-0.25, -0.2) is 4.39 Å². The minimum absolute atomic E-state index is 0.355. The molecule has 94 valence electrons. The van der Waals surface area contributed by atoms with Crippen molar-refractivity contribution < 1.29 is 14.2 Å². The standard InChI is InChI=1S/C13H16BrFO2/c14-11-3-1-2-10(13(11)15)12(16)8-9-4-6-17-7-5-9/h1-3,9,12,16H,4-8H2. The van der Waals surface area contributed by atoms with E-state index in [1.165, 1.54) is 0 Å². The molecule has 17 heavy (non-hydrogen) atoms. The Labute approximate surface area is 109 Å². The summed E-state index contributed by atoms with van der Waals surface area (Å²) in [5.74, 6) is 0.0733. The summed E-state index contributed by atoms with van der Waals surface area (Å²) < 4.78 is 19.4. The molecule has 1 aromatic carbocycles. The summed E-state index contributed by atoms with van der Waals surface area (Å²) in [6.45, 7) is 1.50. The highest BCUT2D eigenvalue weighted by Gasteiger charge is 2.21. The van der Waals surface area contributed by atoms with Crippen LogP contribution in [0.2, 0.25) is 0 Å². The lowest BCUT2D eigenvalue weighted by Crippen LogP contribution is -2.18. The number of aliphatic hydroxyl groups is 1. The highest BCUT2D eigenvalue weighted by atomic mass is 79.9. The number of benzene rings is 1. The molecule has 0 bridgehead atoms. The topological polar surface area (TPSA) is 29.5 Å². The summed E-state index contributed by atoms with van der Waals surface area (Å²) in [6, 6.07) is 5.03. The lowest BCUT2D eigenvalue weighted by molar-refractivity contribution is 0.0428. The van der Waals surface area contributed by atoms with Crippen molar-refractivity contribution in [2.45, 2.75) is 25.4 Å². The molecule has 1 fully saturated rings. The molecule has 1 unspecified atom stereocenters. The van der Waals surface area contributed by atoms with Crippen molar-refractivity contribution in [2.24, 2.45) is 5.92 Å². The van der Waals surface area contributed by atoms with Gasteiger partial charge >= 0.3 is 0 Å². The van der Waals surface area contributed by atoms with E-state index in [1.807, 2.05) is 0 Å². The maximum absolute atomic E-state index is 13.8. The quantitative estimate of drug-likeness (QED) is 0.927. The first-order valence-electron chi connectivity index (χ1n) is 5.88. The third kappa shape index (κ3) is 3.27. The van der Waals surface area contributed by atoms with Crippen LogP contribution in [0.5, 0.6) is 0 Å². The molecule has 2 nitrogen and oxygen atoms in total. The average molecular weight is 303 g/mol. The van der Waals surface area contributed by atoms with Crippen molar-refractivity contribution in [2.75, 3.05) is 13.2 Å². The summed E-state index contributed by atoms with van der Waals surface area (Å²) >= 11 is 3.13. The van der Waals surface area contributed by atoms with Crippen LogP contribution < -0.4 is 0 Å². The van der Waals surface area contributed by atoms with Crippen LogP contribution in [0.15, 0.2) is 22.7 Å². The zero-order valence-corrected chi connectivity index (χ0v) is 11.1. The predicted octanol–water partition coefficient (Wildman–Crippen LogP) is 3.44. The van der Waals surface area contributed by atoms with Gasteiger partial charge in [-0.2, -0.15) is 0 Å². The van der Waals surface area contributed by atoms with Crippen LogP contribution in [0.4, 0.5) is 4.39 Å². The Bertz CT molecular complexity index is 378. The van der Waals surface area contributed by atoms with Crippen molar-refractivity contribution in [3.05, 3.63) is 34.1 Å². The molecule has 0 aromatic heterocycles. The van der Waals surface area contributed by atoms with E-state index in [2.05, 4.69) is 15.9 Å². The summed E-state index contributed by atoms with van der Waals surface area (Å²) in [4.78, 5) is 0. The second-order valence-corrected chi connectivity index (χ2v) is 5.30. The van der Waals surface area contributed by atoms with Gasteiger partial charge in [0.15, 0.2) is 0 Å². The Morgan fingerprint density at radius 3 is 2.82 bits per heavy atom. The normalized spacial score (nSPS) is 19.2. The van der Waals surface area contributed by atoms with Crippen molar-refractivity contribution in [1.29, 1.82) is 0 Å². The molecule has 1 atom stereocenters. The van der Waals surface area contributed by atoms with Gasteiger partial charge in [0.05, 0.1) is 10.6 Å². The zero-order valence-electron chi connectivity index (χ0n) is 9.53. The Balaban J connectivity index is 2.03. The number of halogens is 2. The van der Waals surface area contributed by atoms with Crippen molar-refractivity contribution in [3.8, 4) is 0 Å². The molecule has 2 rings (SSSR count). The molecule has 0 radical (unpaired) electrons. The molecule has 1 heterocycles. The minimum atomic E-state index is -0.726. The average Bonchev–Trinajstić information content (AvgIpc) is 2.34. The zero-order chi connectivity index (χ0) is 12.3. The number of rotatable bonds is 3. The van der Waals surface area contributed by atoms with E-state index in [0.717, 1.165) is 26.1 Å². The van der Waals surface area contributed by atoms with E-state index >= 15 is 0 Å². The van der Waals surface area contributed by atoms with Gasteiger partial charge in [0.25, 0.3) is 0 Å². The van der Waals surface area contributed by atoms with Crippen LogP contribution in [0, 0.1) is 11.7 Å². The second kappa shape index (κ2) is 5.94. The van der Waals surface area contributed by atoms with Gasteiger partial charge in [0.2, 0.25) is 0 Å². The number of hydrogen-bond donors (Lipinski definition) is 1. The Morgan fingerprint density at radius 1 is 1.41 bits per heavy atom. The van der Waals surface area contributed by atoms with E-state index in [4.69, 9.17) is 4.74 Å². The largest absolute Gasteiger partial charge is 0.388 e. The molecule has 0 amide bonds. The van der Waals surface area contributed by atoms with Crippen molar-refractivity contribution in [1.82, 2.24) is 0 Å². The van der Waals surface area contributed by atoms with Crippen molar-refractivity contribution >= 4 is 15.9 Å². The molecule has 4 heteroatoms. The van der Waals surface area contributed by atoms with Gasteiger partial charge < -0.3 is 9.84 Å². The lowest BCUT2D eigenvalue weighted by atomic mass is 9.91. The highest BCUT2D eigenvalue weighted by molar-refractivity contribution is 9.10. The maximum Gasteiger partial charge on any atom is 0.143 e. The molecule has 1 aliphatic rings. The first-order valence-corrected chi connectivity index (χ1v) is 6.67. The fraction of sp³-hybridized carbons (Fsp3) is 0.538. The summed E-state index contributed by atoms with van der Waals surface area (Å²) in [5.41, 5.74) is 0.380. The molecule has 1 aromatic rings. The fourth-order valence-corrected chi connectivity index (χ4v) is 2.58. The molecule has 1 N–H and O–H groups in total. The van der Waals surface area contributed by atoms with E-state index in [-0.39, 0.29) is 5.82 Å². The first kappa shape index (κ1) is 13.0. The summed E-state index contributed by atoms with van der Waals surface area (Å²) in [6.07, 6.45) is 1.78. The van der Waals surface area contributed by atoms with Crippen LogP contribution in [0.25, 0.3) is 0 Å². The third-order valence-corrected chi connectivity index (χ3v) is 3.85. The third-order valence-electron chi connectivity index (χ3n) is 3.24. The Morgan fingerprint density at radius 2 is 2.12 bits per heavy atom. The number of hydrogen-bond acceptors (Lipinski definition) is 2. The molecule has 1 aliphatic heterocycles. The highest BCUT2D eigenvalue weighted by Crippen LogP contribution is 2.30. The fourth-order valence-electron chi connectivity index (χ4n) is 2.20. The van der Waals surface area contributed by atoms with E-state index in [9.17, 15) is 9.50 Å². The van der Waals surface area contributed by atoms with Crippen LogP contribution >= 0.6 is 15.9 Å². The minimum Gasteiger partial charge on any atom is -0.388 e. The van der Waals surface area contributed by atoms with Crippen LogP contribution in [-0.4, -0.2) is 18.3 Å². The summed E-state index contributed by atoms with van der Waals surface area (Å²) in [7, 11) is 0. The molecule has 1 saturated heterocycles. The lowest BCUT2D eigenvalue weighted by Gasteiger charge is -2.24. The predicted molar refractivity (Wildman–Crippen MR) is 67.2 cm³/mol. The smallest absolute Gasteiger partial charge is 0.143 e. The van der Waals surface area contributed by atoms with Crippen LogP contribution in [0.3, 0.4) is 0 Å². The Hall–Kier alpha value is -0.450. The van der Waals surface area contributed by atoms with E-state index < -0.39 is 6.10 Å². The van der Waals surface area contributed by atoms with E-state index in [0.29, 0.717) is 22.4 Å². The van der Waals surface area contributed by atoms with Crippen LogP contribution in [0.1, 0.15) is 30.9 Å². The van der Waals surface area contributed by atoms with Crippen LogP contribution in [-0.2, 0) is 4.74 Å². The SMILES string of the molecule is OC(CC1CCOCC1)c1cccc(Br)c1F. The van der Waals surface area contributed by atoms with Crippen molar-refractivity contribution in [3.63, 3.8) is 0 Å². The Kier molecular flexibility index (Phi) is 4.54. The number of ether oxygens (including phenoxy) is 1. The monoisotopic (exact) mass is 302 g/mol. The van der Waals surface area contributed by atoms with E-state index in [1.54, 1.807) is 18.2 Å². The van der Waals surface area contributed by atoms with Gasteiger partial charge in [-0.1, -0.05) is 12.1 Å². The van der Waals surface area contributed by atoms with Gasteiger partial charge in [-0.15, -0.1) is 0 Å². The molecular weight excluding hydrogens is 287 g/mol. The van der Waals surface area contributed by atoms with Gasteiger partial charge in [0.1, 0.15) is 5.82 Å². The summed E-state index contributed by atoms with van der Waals surface area (Å²) in [5, 5.41) is 10.1. The molecule has 0 spiro atoms. The number of aliphatic hydroxyl groups excluding tert-OH is 1. The maximum atomic E-state index is 13.8. The second-order valence-electron chi connectivity index (χ2n) is 4.45. The molecular formula is C13H16BrFO2. The van der Waals surface area contributed by atoms with Gasteiger partial charge in [-0.05, 0) is 47.2 Å². The molecule has 0 saturated carbocycles. The molecule has 0 aliphatic carbocycles. The first-order chi connectivity index (χ1) is 8.18. The van der Waals surface area contributed by atoms with Gasteiger partial charge in [-0.3, -0.25) is 0 Å².